The molecule has 4 amide bonds. The summed E-state index contributed by atoms with van der Waals surface area (Å²) in [7, 11) is 0. The molecule has 3 aliphatic heterocycles. The number of imide groups is 1. The number of nitrogens with zero attached hydrogens (tertiary/aromatic N) is 2. The summed E-state index contributed by atoms with van der Waals surface area (Å²) in [5, 5.41) is 2.34. The average Bonchev–Trinajstić information content (AvgIpc) is 3.35. The van der Waals surface area contributed by atoms with Gasteiger partial charge in [0.25, 0.3) is 5.91 Å². The Hall–Kier alpha value is -3.33. The molecule has 8 nitrogen and oxygen atoms in total. The molecule has 2 aromatic rings. The van der Waals surface area contributed by atoms with Gasteiger partial charge >= 0.3 is 6.09 Å². The number of ether oxygens (including phenoxy) is 1. The molecule has 35 heavy (non-hydrogen) atoms. The van der Waals surface area contributed by atoms with Crippen LogP contribution in [0.3, 0.4) is 0 Å². The highest BCUT2D eigenvalue weighted by molar-refractivity contribution is 7.99. The van der Waals surface area contributed by atoms with Crippen LogP contribution in [-0.2, 0) is 34.0 Å². The van der Waals surface area contributed by atoms with Crippen LogP contribution in [-0.4, -0.2) is 45.3 Å². The molecule has 1 N–H and O–H groups in total. The molecular weight excluding hydrogens is 466 g/mol. The number of benzene rings is 2. The molecule has 3 aliphatic rings. The van der Waals surface area contributed by atoms with Gasteiger partial charge in [0.1, 0.15) is 11.6 Å². The molecule has 1 saturated heterocycles. The summed E-state index contributed by atoms with van der Waals surface area (Å²) in [6, 6.07) is 11.1. The summed E-state index contributed by atoms with van der Waals surface area (Å²) in [5.41, 5.74) is 3.12. The van der Waals surface area contributed by atoms with Crippen LogP contribution in [0, 0.1) is 0 Å². The van der Waals surface area contributed by atoms with Gasteiger partial charge < -0.3 is 9.64 Å². The monoisotopic (exact) mass is 493 g/mol. The number of hydrogen-bond acceptors (Lipinski definition) is 6. The maximum Gasteiger partial charge on any atom is 0.410 e. The van der Waals surface area contributed by atoms with Gasteiger partial charge in [0, 0.05) is 41.4 Å². The van der Waals surface area contributed by atoms with Crippen molar-refractivity contribution in [2.75, 3.05) is 0 Å². The zero-order chi connectivity index (χ0) is 24.9. The van der Waals surface area contributed by atoms with Crippen LogP contribution in [0.25, 0.3) is 0 Å². The van der Waals surface area contributed by atoms with Crippen LogP contribution in [0.1, 0.15) is 60.7 Å². The molecular formula is C26H27N3O5S. The standard InChI is InChI=1S/C26H27N3O5S/c1-26(2,3)34-25(33)28-12-15-7-8-17(11-16(15)13-28)35-21-6-4-5-18-19(21)14-29(24(18)32)20-9-10-22(30)27-23(20)31/h4-8,11,20H,9-10,12-14H2,1-3H3,(H,27,30,31). The zero-order valence-corrected chi connectivity index (χ0v) is 20.7. The van der Waals surface area contributed by atoms with E-state index in [1.54, 1.807) is 27.6 Å². The highest BCUT2D eigenvalue weighted by Gasteiger charge is 2.40. The Kier molecular flexibility index (Phi) is 5.83. The van der Waals surface area contributed by atoms with Crippen molar-refractivity contribution in [2.24, 2.45) is 0 Å². The fourth-order valence-corrected chi connectivity index (χ4v) is 5.71. The summed E-state index contributed by atoms with van der Waals surface area (Å²) < 4.78 is 5.51. The van der Waals surface area contributed by atoms with Gasteiger partial charge in [0.05, 0.1) is 0 Å². The van der Waals surface area contributed by atoms with Gasteiger partial charge in [-0.05, 0) is 68.1 Å². The lowest BCUT2D eigenvalue weighted by Gasteiger charge is -2.29. The van der Waals surface area contributed by atoms with E-state index in [2.05, 4.69) is 11.4 Å². The van der Waals surface area contributed by atoms with E-state index in [1.807, 2.05) is 45.0 Å². The lowest BCUT2D eigenvalue weighted by Crippen LogP contribution is -2.52. The first-order chi connectivity index (χ1) is 16.6. The Balaban J connectivity index is 1.32. The maximum atomic E-state index is 13.1. The van der Waals surface area contributed by atoms with E-state index in [0.717, 1.165) is 26.5 Å². The summed E-state index contributed by atoms with van der Waals surface area (Å²) in [4.78, 5) is 54.7. The number of amides is 4. The molecule has 0 saturated carbocycles. The molecule has 182 valence electrons. The molecule has 0 spiro atoms. The number of carbonyl (C=O) groups excluding carboxylic acids is 4. The highest BCUT2D eigenvalue weighted by Crippen LogP contribution is 2.39. The van der Waals surface area contributed by atoms with Crippen molar-refractivity contribution in [3.05, 3.63) is 58.7 Å². The van der Waals surface area contributed by atoms with E-state index in [-0.39, 0.29) is 24.3 Å². The minimum absolute atomic E-state index is 0.182. The van der Waals surface area contributed by atoms with Crippen LogP contribution in [0.15, 0.2) is 46.2 Å². The highest BCUT2D eigenvalue weighted by atomic mass is 32.2. The van der Waals surface area contributed by atoms with Crippen molar-refractivity contribution in [3.63, 3.8) is 0 Å². The number of nitrogens with one attached hydrogen (secondary N) is 1. The SMILES string of the molecule is CC(C)(C)OC(=O)N1Cc2ccc(Sc3cccc4c3CN(C3CCC(=O)NC3=O)C4=O)cc2C1. The molecule has 2 aromatic carbocycles. The first-order valence-electron chi connectivity index (χ1n) is 11.6. The Morgan fingerprint density at radius 3 is 2.57 bits per heavy atom. The third-order valence-electron chi connectivity index (χ3n) is 6.32. The summed E-state index contributed by atoms with van der Waals surface area (Å²) in [5.74, 6) is -0.892. The Morgan fingerprint density at radius 2 is 1.83 bits per heavy atom. The van der Waals surface area contributed by atoms with Gasteiger partial charge in [0.2, 0.25) is 11.8 Å². The Morgan fingerprint density at radius 1 is 1.06 bits per heavy atom. The summed E-state index contributed by atoms with van der Waals surface area (Å²) in [6.45, 7) is 6.91. The number of piperidine rings is 1. The maximum absolute atomic E-state index is 13.1. The van der Waals surface area contributed by atoms with Gasteiger partial charge in [0.15, 0.2) is 0 Å². The first kappa shape index (κ1) is 23.4. The molecule has 1 fully saturated rings. The predicted octanol–water partition coefficient (Wildman–Crippen LogP) is 3.85. The molecule has 1 atom stereocenters. The molecule has 9 heteroatoms. The van der Waals surface area contributed by atoms with Gasteiger partial charge in [-0.2, -0.15) is 0 Å². The average molecular weight is 494 g/mol. The molecule has 5 rings (SSSR count). The topological polar surface area (TPSA) is 96.0 Å². The number of carbonyl (C=O) groups is 4. The fraction of sp³-hybridized carbons (Fsp3) is 0.385. The normalized spacial score (nSPS) is 19.5. The van der Waals surface area contributed by atoms with E-state index >= 15 is 0 Å². The van der Waals surface area contributed by atoms with E-state index in [4.69, 9.17) is 4.74 Å². The number of hydrogen-bond donors (Lipinski definition) is 1. The minimum Gasteiger partial charge on any atom is -0.444 e. The minimum atomic E-state index is -0.635. The van der Waals surface area contributed by atoms with Crippen molar-refractivity contribution in [3.8, 4) is 0 Å². The van der Waals surface area contributed by atoms with Gasteiger partial charge in [-0.15, -0.1) is 0 Å². The first-order valence-corrected chi connectivity index (χ1v) is 12.4. The van der Waals surface area contributed by atoms with Crippen molar-refractivity contribution in [1.29, 1.82) is 0 Å². The van der Waals surface area contributed by atoms with Crippen molar-refractivity contribution in [2.45, 2.75) is 74.7 Å². The van der Waals surface area contributed by atoms with Crippen molar-refractivity contribution < 1.29 is 23.9 Å². The quantitative estimate of drug-likeness (QED) is 0.653. The third kappa shape index (κ3) is 4.65. The largest absolute Gasteiger partial charge is 0.444 e. The molecule has 3 heterocycles. The second kappa shape index (κ2) is 8.71. The van der Waals surface area contributed by atoms with Crippen LogP contribution in [0.4, 0.5) is 4.79 Å². The second-order valence-corrected chi connectivity index (χ2v) is 11.2. The van der Waals surface area contributed by atoms with Crippen LogP contribution >= 0.6 is 11.8 Å². The second-order valence-electron chi connectivity index (χ2n) is 10.1. The van der Waals surface area contributed by atoms with E-state index in [0.29, 0.717) is 31.6 Å². The predicted molar refractivity (Wildman–Crippen MR) is 129 cm³/mol. The molecule has 0 radical (unpaired) electrons. The van der Waals surface area contributed by atoms with Crippen LogP contribution in [0.2, 0.25) is 0 Å². The zero-order valence-electron chi connectivity index (χ0n) is 19.9. The Bertz CT molecular complexity index is 1250. The third-order valence-corrected chi connectivity index (χ3v) is 7.41. The molecule has 0 aliphatic carbocycles. The molecule has 0 aromatic heterocycles. The van der Waals surface area contributed by atoms with E-state index in [9.17, 15) is 19.2 Å². The van der Waals surface area contributed by atoms with Gasteiger partial charge in [-0.25, -0.2) is 4.79 Å². The van der Waals surface area contributed by atoms with E-state index in [1.165, 1.54) is 0 Å². The lowest BCUT2D eigenvalue weighted by atomic mass is 10.0. The number of rotatable bonds is 3. The fourth-order valence-electron chi connectivity index (χ4n) is 4.67. The van der Waals surface area contributed by atoms with Crippen LogP contribution in [0.5, 0.6) is 0 Å². The number of fused-ring (bicyclic) bond motifs is 2. The van der Waals surface area contributed by atoms with Crippen molar-refractivity contribution in [1.82, 2.24) is 15.1 Å². The Labute approximate surface area is 208 Å². The summed E-state index contributed by atoms with van der Waals surface area (Å²) in [6.07, 6.45) is 0.246. The molecule has 0 bridgehead atoms. The van der Waals surface area contributed by atoms with Crippen molar-refractivity contribution >= 4 is 35.6 Å². The molecule has 1 unspecified atom stereocenters. The smallest absolute Gasteiger partial charge is 0.410 e. The lowest BCUT2D eigenvalue weighted by molar-refractivity contribution is -0.136. The van der Waals surface area contributed by atoms with E-state index < -0.39 is 17.6 Å². The van der Waals surface area contributed by atoms with Gasteiger partial charge in [-0.3, -0.25) is 24.6 Å². The van der Waals surface area contributed by atoms with Gasteiger partial charge in [-0.1, -0.05) is 23.9 Å². The van der Waals surface area contributed by atoms with Crippen LogP contribution < -0.4 is 5.32 Å². The summed E-state index contributed by atoms with van der Waals surface area (Å²) >= 11 is 1.56.